The molecular formula is C18H15N3O2. The zero-order valence-corrected chi connectivity index (χ0v) is 12.4. The Balaban J connectivity index is 1.95. The highest BCUT2D eigenvalue weighted by atomic mass is 16.2. The van der Waals surface area contributed by atoms with Crippen LogP contribution < -0.4 is 10.7 Å². The molecule has 1 fully saturated rings. The predicted octanol–water partition coefficient (Wildman–Crippen LogP) is 2.28. The molecule has 0 unspecified atom stereocenters. The number of carbonyl (C=O) groups excluding carboxylic acids is 1. The Morgan fingerprint density at radius 1 is 1.04 bits per heavy atom. The van der Waals surface area contributed by atoms with Gasteiger partial charge in [-0.1, -0.05) is 30.3 Å². The number of rotatable bonds is 3. The van der Waals surface area contributed by atoms with Crippen molar-refractivity contribution in [3.8, 4) is 5.69 Å². The molecule has 0 aliphatic heterocycles. The summed E-state index contributed by atoms with van der Waals surface area (Å²) in [6.07, 6.45) is 1.93. The highest BCUT2D eigenvalue weighted by Gasteiger charge is 2.26. The molecule has 1 aliphatic rings. The van der Waals surface area contributed by atoms with E-state index in [0.717, 1.165) is 18.5 Å². The number of para-hydroxylation sites is 2. The minimum atomic E-state index is -0.395. The highest BCUT2D eigenvalue weighted by Crippen LogP contribution is 2.19. The fourth-order valence-corrected chi connectivity index (χ4v) is 2.57. The number of benzene rings is 2. The molecule has 0 saturated heterocycles. The number of hydrogen-bond acceptors (Lipinski definition) is 3. The average Bonchev–Trinajstić information content (AvgIpc) is 3.40. The molecule has 0 atom stereocenters. The van der Waals surface area contributed by atoms with Gasteiger partial charge in [0.25, 0.3) is 5.91 Å². The topological polar surface area (TPSA) is 64.0 Å². The molecule has 1 saturated carbocycles. The molecule has 114 valence electrons. The van der Waals surface area contributed by atoms with Gasteiger partial charge in [-0.05, 0) is 37.1 Å². The number of fused-ring (bicyclic) bond motifs is 1. The first-order chi connectivity index (χ1) is 11.2. The third-order valence-corrected chi connectivity index (χ3v) is 3.92. The summed E-state index contributed by atoms with van der Waals surface area (Å²) in [6, 6.07) is 16.9. The third-order valence-electron chi connectivity index (χ3n) is 3.92. The summed E-state index contributed by atoms with van der Waals surface area (Å²) in [5.74, 6) is -0.395. The van der Waals surface area contributed by atoms with Crippen LogP contribution in [0.2, 0.25) is 0 Å². The highest BCUT2D eigenvalue weighted by molar-refractivity contribution is 5.95. The van der Waals surface area contributed by atoms with Gasteiger partial charge in [0, 0.05) is 6.04 Å². The zero-order chi connectivity index (χ0) is 15.8. The maximum Gasteiger partial charge on any atom is 0.276 e. The van der Waals surface area contributed by atoms with Gasteiger partial charge >= 0.3 is 0 Å². The lowest BCUT2D eigenvalue weighted by Gasteiger charge is -2.12. The van der Waals surface area contributed by atoms with Crippen LogP contribution in [0.25, 0.3) is 16.6 Å². The van der Waals surface area contributed by atoms with Crippen molar-refractivity contribution in [3.05, 3.63) is 70.5 Å². The lowest BCUT2D eigenvalue weighted by molar-refractivity contribution is 0.0943. The fraction of sp³-hybridized carbons (Fsp3) is 0.167. The smallest absolute Gasteiger partial charge is 0.276 e. The van der Waals surface area contributed by atoms with E-state index in [-0.39, 0.29) is 17.2 Å². The molecule has 1 aromatic heterocycles. The van der Waals surface area contributed by atoms with Crippen LogP contribution in [-0.4, -0.2) is 21.7 Å². The second-order valence-corrected chi connectivity index (χ2v) is 5.69. The number of carbonyl (C=O) groups is 1. The van der Waals surface area contributed by atoms with Crippen molar-refractivity contribution >= 4 is 16.8 Å². The Kier molecular flexibility index (Phi) is 3.19. The standard InChI is InChI=1S/C18H15N3O2/c22-17-14-8-4-5-9-15(14)21(13-6-2-1-3-7-13)20-16(17)18(23)19-12-10-11-12/h1-9,12H,10-11H2,(H,19,23). The average molecular weight is 305 g/mol. The van der Waals surface area contributed by atoms with E-state index in [1.165, 1.54) is 0 Å². The predicted molar refractivity (Wildman–Crippen MR) is 87.8 cm³/mol. The molecule has 4 rings (SSSR count). The molecule has 5 heteroatoms. The third kappa shape index (κ3) is 2.50. The summed E-state index contributed by atoms with van der Waals surface area (Å²) < 4.78 is 1.65. The van der Waals surface area contributed by atoms with Gasteiger partial charge in [0.1, 0.15) is 0 Å². The summed E-state index contributed by atoms with van der Waals surface area (Å²) in [6.45, 7) is 0. The monoisotopic (exact) mass is 305 g/mol. The second-order valence-electron chi connectivity index (χ2n) is 5.69. The number of hydrogen-bond donors (Lipinski definition) is 1. The second kappa shape index (κ2) is 5.35. The normalized spacial score (nSPS) is 13.9. The van der Waals surface area contributed by atoms with Gasteiger partial charge in [-0.2, -0.15) is 5.10 Å². The van der Waals surface area contributed by atoms with Crippen molar-refractivity contribution < 1.29 is 4.79 Å². The molecule has 3 aromatic rings. The Bertz CT molecular complexity index is 943. The number of nitrogens with zero attached hydrogens (tertiary/aromatic N) is 2. The maximum absolute atomic E-state index is 12.6. The van der Waals surface area contributed by atoms with Crippen LogP contribution in [0, 0.1) is 0 Å². The van der Waals surface area contributed by atoms with Crippen LogP contribution >= 0.6 is 0 Å². The van der Waals surface area contributed by atoms with Gasteiger partial charge in [0.05, 0.1) is 16.6 Å². The van der Waals surface area contributed by atoms with E-state index in [1.807, 2.05) is 42.5 Å². The van der Waals surface area contributed by atoms with Gasteiger partial charge in [0.15, 0.2) is 5.69 Å². The number of amides is 1. The van der Waals surface area contributed by atoms with Gasteiger partial charge < -0.3 is 5.32 Å². The molecule has 1 aliphatic carbocycles. The largest absolute Gasteiger partial charge is 0.348 e. The van der Waals surface area contributed by atoms with Gasteiger partial charge in [-0.25, -0.2) is 4.68 Å². The van der Waals surface area contributed by atoms with Crippen molar-refractivity contribution in [1.29, 1.82) is 0 Å². The van der Waals surface area contributed by atoms with E-state index in [9.17, 15) is 9.59 Å². The van der Waals surface area contributed by atoms with Crippen LogP contribution in [0.4, 0.5) is 0 Å². The van der Waals surface area contributed by atoms with Crippen molar-refractivity contribution in [2.24, 2.45) is 0 Å². The van der Waals surface area contributed by atoms with E-state index < -0.39 is 5.91 Å². The van der Waals surface area contributed by atoms with Crippen molar-refractivity contribution in [2.75, 3.05) is 0 Å². The van der Waals surface area contributed by atoms with Crippen molar-refractivity contribution in [2.45, 2.75) is 18.9 Å². The summed E-state index contributed by atoms with van der Waals surface area (Å²) in [7, 11) is 0. The van der Waals surface area contributed by atoms with E-state index in [0.29, 0.717) is 10.9 Å². The first-order valence-corrected chi connectivity index (χ1v) is 7.62. The Morgan fingerprint density at radius 3 is 2.48 bits per heavy atom. The van der Waals surface area contributed by atoms with Crippen LogP contribution in [0.1, 0.15) is 23.3 Å². The van der Waals surface area contributed by atoms with Crippen LogP contribution in [0.5, 0.6) is 0 Å². The number of nitrogens with one attached hydrogen (secondary N) is 1. The van der Waals surface area contributed by atoms with Crippen LogP contribution in [0.3, 0.4) is 0 Å². The van der Waals surface area contributed by atoms with Crippen LogP contribution in [-0.2, 0) is 0 Å². The van der Waals surface area contributed by atoms with Gasteiger partial charge in [-0.3, -0.25) is 9.59 Å². The molecular weight excluding hydrogens is 290 g/mol. The maximum atomic E-state index is 12.6. The molecule has 0 bridgehead atoms. The molecule has 0 radical (unpaired) electrons. The lowest BCUT2D eigenvalue weighted by atomic mass is 10.2. The van der Waals surface area contributed by atoms with Gasteiger partial charge in [0.2, 0.25) is 5.43 Å². The SMILES string of the molecule is O=C(NC1CC1)c1nn(-c2ccccc2)c2ccccc2c1=O. The van der Waals surface area contributed by atoms with Crippen molar-refractivity contribution in [1.82, 2.24) is 15.1 Å². The van der Waals surface area contributed by atoms with E-state index in [1.54, 1.807) is 16.8 Å². The molecule has 5 nitrogen and oxygen atoms in total. The molecule has 0 spiro atoms. The minimum absolute atomic E-state index is 0.0561. The fourth-order valence-electron chi connectivity index (χ4n) is 2.57. The Hall–Kier alpha value is -2.95. The number of aromatic nitrogens is 2. The van der Waals surface area contributed by atoms with E-state index in [2.05, 4.69) is 10.4 Å². The molecule has 1 heterocycles. The van der Waals surface area contributed by atoms with E-state index >= 15 is 0 Å². The van der Waals surface area contributed by atoms with E-state index in [4.69, 9.17) is 0 Å². The zero-order valence-electron chi connectivity index (χ0n) is 12.4. The van der Waals surface area contributed by atoms with Crippen molar-refractivity contribution in [3.63, 3.8) is 0 Å². The molecule has 1 N–H and O–H groups in total. The van der Waals surface area contributed by atoms with Gasteiger partial charge in [-0.15, -0.1) is 0 Å². The first kappa shape index (κ1) is 13.7. The summed E-state index contributed by atoms with van der Waals surface area (Å²) in [5, 5.41) is 7.68. The minimum Gasteiger partial charge on any atom is -0.348 e. The summed E-state index contributed by atoms with van der Waals surface area (Å²) >= 11 is 0. The quantitative estimate of drug-likeness (QED) is 0.807. The molecule has 2 aromatic carbocycles. The van der Waals surface area contributed by atoms with Crippen LogP contribution in [0.15, 0.2) is 59.4 Å². The Morgan fingerprint density at radius 2 is 1.74 bits per heavy atom. The Labute approximate surface area is 132 Å². The summed E-state index contributed by atoms with van der Waals surface area (Å²) in [4.78, 5) is 25.0. The molecule has 1 amide bonds. The first-order valence-electron chi connectivity index (χ1n) is 7.62. The lowest BCUT2D eigenvalue weighted by Crippen LogP contribution is -2.33. The summed E-state index contributed by atoms with van der Waals surface area (Å²) in [5.41, 5.74) is 1.11. The molecule has 23 heavy (non-hydrogen) atoms.